The molecule has 0 saturated carbocycles. The van der Waals surface area contributed by atoms with E-state index in [-0.39, 0.29) is 6.04 Å². The molecule has 0 amide bonds. The highest BCUT2D eigenvalue weighted by Crippen LogP contribution is 2.34. The van der Waals surface area contributed by atoms with Crippen LogP contribution in [0.4, 0.5) is 8.78 Å². The third-order valence-corrected chi connectivity index (χ3v) is 4.16. The number of rotatable bonds is 3. The van der Waals surface area contributed by atoms with E-state index in [1.54, 1.807) is 12.1 Å². The Kier molecular flexibility index (Phi) is 4.21. The largest absolute Gasteiger partial charge is 0.329 e. The van der Waals surface area contributed by atoms with E-state index in [4.69, 9.17) is 5.73 Å². The van der Waals surface area contributed by atoms with Gasteiger partial charge in [-0.25, -0.2) is 8.78 Å². The van der Waals surface area contributed by atoms with E-state index < -0.39 is 11.6 Å². The Labute approximate surface area is 113 Å². The fraction of sp³-hybridized carbons (Fsp3) is 0.600. The van der Waals surface area contributed by atoms with Crippen LogP contribution in [-0.2, 0) is 0 Å². The Morgan fingerprint density at radius 1 is 1.26 bits per heavy atom. The van der Waals surface area contributed by atoms with Crippen molar-refractivity contribution < 1.29 is 8.78 Å². The molecular formula is C15H22F2N2. The molecule has 1 aromatic carbocycles. The molecule has 19 heavy (non-hydrogen) atoms. The Hall–Kier alpha value is -1.00. The first-order valence-electron chi connectivity index (χ1n) is 6.82. The van der Waals surface area contributed by atoms with Gasteiger partial charge in [0.05, 0.1) is 6.04 Å². The minimum Gasteiger partial charge on any atom is -0.329 e. The third-order valence-electron chi connectivity index (χ3n) is 4.16. The van der Waals surface area contributed by atoms with Gasteiger partial charge in [0.1, 0.15) is 0 Å². The topological polar surface area (TPSA) is 29.3 Å². The summed E-state index contributed by atoms with van der Waals surface area (Å²) >= 11 is 0. The first-order valence-corrected chi connectivity index (χ1v) is 6.82. The van der Waals surface area contributed by atoms with Gasteiger partial charge in [-0.3, -0.25) is 4.90 Å². The molecule has 4 heteroatoms. The zero-order valence-electron chi connectivity index (χ0n) is 11.6. The normalized spacial score (nSPS) is 21.3. The zero-order valence-corrected chi connectivity index (χ0v) is 11.6. The lowest BCUT2D eigenvalue weighted by atomic mass is 9.82. The molecule has 2 N–H and O–H groups in total. The molecular weight excluding hydrogens is 246 g/mol. The average Bonchev–Trinajstić information content (AvgIpc) is 2.37. The lowest BCUT2D eigenvalue weighted by Gasteiger charge is -2.41. The number of likely N-dealkylation sites (tertiary alicyclic amines) is 1. The highest BCUT2D eigenvalue weighted by Gasteiger charge is 2.30. The highest BCUT2D eigenvalue weighted by molar-refractivity contribution is 5.23. The fourth-order valence-electron chi connectivity index (χ4n) is 2.69. The van der Waals surface area contributed by atoms with Crippen molar-refractivity contribution >= 4 is 0 Å². The van der Waals surface area contributed by atoms with Gasteiger partial charge in [-0.15, -0.1) is 0 Å². The van der Waals surface area contributed by atoms with Crippen LogP contribution >= 0.6 is 0 Å². The van der Waals surface area contributed by atoms with E-state index in [0.29, 0.717) is 17.5 Å². The Morgan fingerprint density at radius 3 is 2.47 bits per heavy atom. The highest BCUT2D eigenvalue weighted by atomic mass is 19.2. The quantitative estimate of drug-likeness (QED) is 0.912. The van der Waals surface area contributed by atoms with E-state index in [9.17, 15) is 8.78 Å². The van der Waals surface area contributed by atoms with Gasteiger partial charge >= 0.3 is 0 Å². The standard InChI is InChI=1S/C15H22F2N2/c1-15(2)6-8-19(9-7-15)13(10-18)11-4-3-5-12(16)14(11)17/h3-5,13H,6-10,18H2,1-2H3. The summed E-state index contributed by atoms with van der Waals surface area (Å²) in [5.74, 6) is -1.56. The lowest BCUT2D eigenvalue weighted by Crippen LogP contribution is -2.42. The fourth-order valence-corrected chi connectivity index (χ4v) is 2.69. The van der Waals surface area contributed by atoms with Crippen molar-refractivity contribution in [1.82, 2.24) is 4.90 Å². The second kappa shape index (κ2) is 5.55. The predicted molar refractivity (Wildman–Crippen MR) is 72.7 cm³/mol. The summed E-state index contributed by atoms with van der Waals surface area (Å²) in [4.78, 5) is 2.17. The molecule has 0 bridgehead atoms. The molecule has 1 aromatic rings. The van der Waals surface area contributed by atoms with Crippen molar-refractivity contribution in [3.05, 3.63) is 35.4 Å². The number of piperidine rings is 1. The van der Waals surface area contributed by atoms with Crippen molar-refractivity contribution in [2.75, 3.05) is 19.6 Å². The molecule has 1 fully saturated rings. The van der Waals surface area contributed by atoms with Gasteiger partial charge < -0.3 is 5.73 Å². The van der Waals surface area contributed by atoms with E-state index >= 15 is 0 Å². The van der Waals surface area contributed by atoms with E-state index in [2.05, 4.69) is 18.7 Å². The summed E-state index contributed by atoms with van der Waals surface area (Å²) in [6, 6.07) is 4.10. The summed E-state index contributed by atoms with van der Waals surface area (Å²) in [6.07, 6.45) is 2.11. The summed E-state index contributed by atoms with van der Waals surface area (Å²) < 4.78 is 27.2. The minimum absolute atomic E-state index is 0.230. The van der Waals surface area contributed by atoms with Crippen LogP contribution in [0.15, 0.2) is 18.2 Å². The molecule has 0 aromatic heterocycles. The van der Waals surface area contributed by atoms with Gasteiger partial charge in [0.2, 0.25) is 0 Å². The number of hydrogen-bond acceptors (Lipinski definition) is 2. The maximum absolute atomic E-state index is 13.9. The third kappa shape index (κ3) is 3.12. The second-order valence-electron chi connectivity index (χ2n) is 6.09. The van der Waals surface area contributed by atoms with E-state index in [1.807, 2.05) is 0 Å². The average molecular weight is 268 g/mol. The van der Waals surface area contributed by atoms with Crippen LogP contribution in [0.5, 0.6) is 0 Å². The van der Waals surface area contributed by atoms with Crippen LogP contribution in [0.3, 0.4) is 0 Å². The van der Waals surface area contributed by atoms with E-state index in [1.165, 1.54) is 0 Å². The molecule has 0 aliphatic carbocycles. The molecule has 1 saturated heterocycles. The van der Waals surface area contributed by atoms with Crippen LogP contribution in [0.25, 0.3) is 0 Å². The molecule has 1 unspecified atom stereocenters. The van der Waals surface area contributed by atoms with Crippen LogP contribution in [0.2, 0.25) is 0 Å². The van der Waals surface area contributed by atoms with Crippen LogP contribution in [-0.4, -0.2) is 24.5 Å². The van der Waals surface area contributed by atoms with Crippen LogP contribution < -0.4 is 5.73 Å². The van der Waals surface area contributed by atoms with Crippen molar-refractivity contribution in [3.63, 3.8) is 0 Å². The number of nitrogens with two attached hydrogens (primary N) is 1. The molecule has 1 aliphatic heterocycles. The first-order chi connectivity index (χ1) is 8.94. The van der Waals surface area contributed by atoms with Gasteiger partial charge in [-0.1, -0.05) is 26.0 Å². The monoisotopic (exact) mass is 268 g/mol. The Bertz CT molecular complexity index is 436. The molecule has 2 rings (SSSR count). The van der Waals surface area contributed by atoms with Crippen molar-refractivity contribution in [3.8, 4) is 0 Å². The van der Waals surface area contributed by atoms with Crippen molar-refractivity contribution in [2.45, 2.75) is 32.7 Å². The smallest absolute Gasteiger partial charge is 0.163 e. The van der Waals surface area contributed by atoms with Gasteiger partial charge in [0.25, 0.3) is 0 Å². The molecule has 1 heterocycles. The maximum Gasteiger partial charge on any atom is 0.163 e. The van der Waals surface area contributed by atoms with Gasteiger partial charge in [-0.05, 0) is 37.4 Å². The van der Waals surface area contributed by atoms with E-state index in [0.717, 1.165) is 32.0 Å². The number of halogens is 2. The molecule has 0 radical (unpaired) electrons. The van der Waals surface area contributed by atoms with Crippen LogP contribution in [0, 0.1) is 17.0 Å². The second-order valence-corrected chi connectivity index (χ2v) is 6.09. The lowest BCUT2D eigenvalue weighted by molar-refractivity contribution is 0.0946. The zero-order chi connectivity index (χ0) is 14.0. The maximum atomic E-state index is 13.9. The first kappa shape index (κ1) is 14.4. The Morgan fingerprint density at radius 2 is 1.89 bits per heavy atom. The minimum atomic E-state index is -0.798. The summed E-state index contributed by atoms with van der Waals surface area (Å²) in [5.41, 5.74) is 6.50. The molecule has 2 nitrogen and oxygen atoms in total. The molecule has 106 valence electrons. The Balaban J connectivity index is 2.19. The summed E-state index contributed by atoms with van der Waals surface area (Å²) in [7, 11) is 0. The number of benzene rings is 1. The predicted octanol–water partition coefficient (Wildman–Crippen LogP) is 3.09. The molecule has 0 spiro atoms. The molecule has 1 aliphatic rings. The number of hydrogen-bond donors (Lipinski definition) is 1. The van der Waals surface area contributed by atoms with Crippen molar-refractivity contribution in [1.29, 1.82) is 0 Å². The summed E-state index contributed by atoms with van der Waals surface area (Å²) in [6.45, 7) is 6.55. The van der Waals surface area contributed by atoms with Crippen molar-refractivity contribution in [2.24, 2.45) is 11.1 Å². The van der Waals surface area contributed by atoms with Gasteiger partial charge in [-0.2, -0.15) is 0 Å². The summed E-state index contributed by atoms with van der Waals surface area (Å²) in [5, 5.41) is 0. The number of nitrogens with zero attached hydrogens (tertiary/aromatic N) is 1. The van der Waals surface area contributed by atoms with Gasteiger partial charge in [0.15, 0.2) is 11.6 Å². The van der Waals surface area contributed by atoms with Gasteiger partial charge in [0, 0.05) is 12.1 Å². The SMILES string of the molecule is CC1(C)CCN(C(CN)c2cccc(F)c2F)CC1. The molecule has 1 atom stereocenters. The van der Waals surface area contributed by atoms with Crippen LogP contribution in [0.1, 0.15) is 38.3 Å².